The van der Waals surface area contributed by atoms with Gasteiger partial charge in [0.25, 0.3) is 0 Å². The van der Waals surface area contributed by atoms with Crippen molar-refractivity contribution in [2.24, 2.45) is 5.73 Å². The number of nitrogens with two attached hydrogens (primary N) is 1. The first-order valence-corrected chi connectivity index (χ1v) is 9.29. The lowest BCUT2D eigenvalue weighted by molar-refractivity contribution is -0.117. The normalized spacial score (nSPS) is 15.9. The molecule has 2 amide bonds. The molecule has 0 spiro atoms. The number of carbonyl (C=O) groups is 2. The second-order valence-electron chi connectivity index (χ2n) is 6.61. The van der Waals surface area contributed by atoms with Crippen LogP contribution in [0.15, 0.2) is 24.3 Å². The summed E-state index contributed by atoms with van der Waals surface area (Å²) >= 11 is 0. The maximum atomic E-state index is 12.2. The van der Waals surface area contributed by atoms with E-state index in [0.29, 0.717) is 25.9 Å². The van der Waals surface area contributed by atoms with Crippen molar-refractivity contribution in [3.8, 4) is 0 Å². The Bertz CT molecular complexity index is 537. The molecular weight excluding hydrogens is 316 g/mol. The lowest BCUT2D eigenvalue weighted by atomic mass is 10.1. The van der Waals surface area contributed by atoms with Gasteiger partial charge >= 0.3 is 0 Å². The number of nitrogens with one attached hydrogen (secondary N) is 2. The van der Waals surface area contributed by atoms with E-state index < -0.39 is 0 Å². The summed E-state index contributed by atoms with van der Waals surface area (Å²) in [6.45, 7) is 2.95. The molecule has 1 heterocycles. The fraction of sp³-hybridized carbons (Fsp3) is 0.579. The molecule has 25 heavy (non-hydrogen) atoms. The summed E-state index contributed by atoms with van der Waals surface area (Å²) in [6.07, 6.45) is 7.28. The Kier molecular flexibility index (Phi) is 8.42. The predicted octanol–water partition coefficient (Wildman–Crippen LogP) is 2.57. The van der Waals surface area contributed by atoms with Crippen molar-refractivity contribution in [2.75, 3.05) is 36.8 Å². The number of benzene rings is 1. The monoisotopic (exact) mass is 346 g/mol. The molecule has 138 valence electrons. The molecule has 0 atom stereocenters. The first-order valence-electron chi connectivity index (χ1n) is 9.29. The first kappa shape index (κ1) is 19.4. The van der Waals surface area contributed by atoms with Crippen LogP contribution < -0.4 is 16.4 Å². The van der Waals surface area contributed by atoms with Gasteiger partial charge in [0.2, 0.25) is 11.8 Å². The highest BCUT2D eigenvalue weighted by molar-refractivity contribution is 5.93. The largest absolute Gasteiger partial charge is 0.330 e. The van der Waals surface area contributed by atoms with Gasteiger partial charge in [-0.3, -0.25) is 14.5 Å². The zero-order valence-electron chi connectivity index (χ0n) is 14.9. The van der Waals surface area contributed by atoms with Gasteiger partial charge in [-0.2, -0.15) is 0 Å². The Labute approximate surface area is 150 Å². The highest BCUT2D eigenvalue weighted by atomic mass is 16.2. The molecule has 0 radical (unpaired) electrons. The first-order chi connectivity index (χ1) is 12.2. The van der Waals surface area contributed by atoms with Gasteiger partial charge in [0, 0.05) is 17.8 Å². The van der Waals surface area contributed by atoms with E-state index in [0.717, 1.165) is 24.5 Å². The van der Waals surface area contributed by atoms with Crippen molar-refractivity contribution < 1.29 is 9.59 Å². The molecule has 6 nitrogen and oxygen atoms in total. The van der Waals surface area contributed by atoms with Gasteiger partial charge in [-0.25, -0.2) is 0 Å². The van der Waals surface area contributed by atoms with Crippen LogP contribution in [0.25, 0.3) is 0 Å². The Morgan fingerprint density at radius 3 is 1.96 bits per heavy atom. The number of amides is 2. The molecule has 2 rings (SSSR count). The van der Waals surface area contributed by atoms with Crippen LogP contribution in [-0.2, 0) is 9.59 Å². The van der Waals surface area contributed by atoms with Crippen molar-refractivity contribution in [1.29, 1.82) is 0 Å². The van der Waals surface area contributed by atoms with Crippen LogP contribution >= 0.6 is 0 Å². The quantitative estimate of drug-likeness (QED) is 0.708. The molecule has 6 heteroatoms. The zero-order valence-corrected chi connectivity index (χ0v) is 14.9. The summed E-state index contributed by atoms with van der Waals surface area (Å²) in [5.41, 5.74) is 6.87. The van der Waals surface area contributed by atoms with Gasteiger partial charge in [0.1, 0.15) is 0 Å². The zero-order chi connectivity index (χ0) is 17.9. The van der Waals surface area contributed by atoms with Crippen molar-refractivity contribution in [1.82, 2.24) is 4.90 Å². The minimum atomic E-state index is -0.0423. The maximum Gasteiger partial charge on any atom is 0.238 e. The number of hydrogen-bond donors (Lipinski definition) is 3. The Balaban J connectivity index is 1.77. The highest BCUT2D eigenvalue weighted by Gasteiger charge is 2.12. The van der Waals surface area contributed by atoms with Crippen molar-refractivity contribution in [2.45, 2.75) is 44.9 Å². The Morgan fingerprint density at radius 1 is 0.880 bits per heavy atom. The summed E-state index contributed by atoms with van der Waals surface area (Å²) in [4.78, 5) is 26.1. The van der Waals surface area contributed by atoms with E-state index in [9.17, 15) is 9.59 Å². The van der Waals surface area contributed by atoms with Gasteiger partial charge in [0.05, 0.1) is 6.54 Å². The lowest BCUT2D eigenvalue weighted by Gasteiger charge is -2.23. The third kappa shape index (κ3) is 7.67. The molecule has 0 saturated carbocycles. The summed E-state index contributed by atoms with van der Waals surface area (Å²) < 4.78 is 0. The van der Waals surface area contributed by atoms with Crippen LogP contribution in [0.1, 0.15) is 44.9 Å². The minimum absolute atomic E-state index is 0.0142. The number of hydrogen-bond acceptors (Lipinski definition) is 4. The lowest BCUT2D eigenvalue weighted by Crippen LogP contribution is -2.35. The average Bonchev–Trinajstić information content (AvgIpc) is 2.57. The maximum absolute atomic E-state index is 12.2. The molecule has 0 aromatic heterocycles. The van der Waals surface area contributed by atoms with E-state index in [-0.39, 0.29) is 11.8 Å². The minimum Gasteiger partial charge on any atom is -0.330 e. The average molecular weight is 346 g/mol. The fourth-order valence-electron chi connectivity index (χ4n) is 3.00. The molecular formula is C19H30N4O2. The predicted molar refractivity (Wildman–Crippen MR) is 102 cm³/mol. The smallest absolute Gasteiger partial charge is 0.238 e. The summed E-state index contributed by atoms with van der Waals surface area (Å²) in [5.74, 6) is -0.0281. The van der Waals surface area contributed by atoms with Crippen LogP contribution in [0, 0.1) is 0 Å². The van der Waals surface area contributed by atoms with E-state index in [1.54, 1.807) is 12.1 Å². The second kappa shape index (κ2) is 10.8. The molecule has 1 aromatic carbocycles. The molecule has 1 saturated heterocycles. The Hall–Kier alpha value is -1.92. The standard InChI is InChI=1S/C19H30N4O2/c20-12-6-7-18(24)21-16-8-10-17(11-9-16)22-19(25)15-23-13-4-2-1-3-5-14-23/h8-11H,1-7,12-15,20H2,(H,21,24)(H,22,25). The summed E-state index contributed by atoms with van der Waals surface area (Å²) in [5, 5.41) is 5.75. The van der Waals surface area contributed by atoms with Gasteiger partial charge in [-0.1, -0.05) is 19.3 Å². The number of nitrogens with zero attached hydrogens (tertiary/aromatic N) is 1. The van der Waals surface area contributed by atoms with Crippen molar-refractivity contribution in [3.05, 3.63) is 24.3 Å². The van der Waals surface area contributed by atoms with Gasteiger partial charge in [0.15, 0.2) is 0 Å². The molecule has 1 fully saturated rings. The van der Waals surface area contributed by atoms with E-state index in [1.807, 2.05) is 12.1 Å². The number of anilines is 2. The van der Waals surface area contributed by atoms with Gasteiger partial charge < -0.3 is 16.4 Å². The number of likely N-dealkylation sites (tertiary alicyclic amines) is 1. The van der Waals surface area contributed by atoms with Crippen LogP contribution in [0.2, 0.25) is 0 Å². The molecule has 1 aliphatic heterocycles. The Morgan fingerprint density at radius 2 is 1.40 bits per heavy atom. The molecule has 1 aliphatic rings. The summed E-state index contributed by atoms with van der Waals surface area (Å²) in [6, 6.07) is 7.21. The van der Waals surface area contributed by atoms with E-state index in [4.69, 9.17) is 5.73 Å². The summed E-state index contributed by atoms with van der Waals surface area (Å²) in [7, 11) is 0. The van der Waals surface area contributed by atoms with E-state index in [1.165, 1.54) is 32.1 Å². The van der Waals surface area contributed by atoms with Crippen LogP contribution in [0.5, 0.6) is 0 Å². The van der Waals surface area contributed by atoms with E-state index >= 15 is 0 Å². The third-order valence-electron chi connectivity index (χ3n) is 4.38. The molecule has 0 unspecified atom stereocenters. The molecule has 4 N–H and O–H groups in total. The third-order valence-corrected chi connectivity index (χ3v) is 4.38. The number of rotatable bonds is 7. The fourth-order valence-corrected chi connectivity index (χ4v) is 3.00. The van der Waals surface area contributed by atoms with Crippen LogP contribution in [-0.4, -0.2) is 42.9 Å². The highest BCUT2D eigenvalue weighted by Crippen LogP contribution is 2.15. The molecule has 0 aliphatic carbocycles. The van der Waals surface area contributed by atoms with E-state index in [2.05, 4.69) is 15.5 Å². The number of carbonyl (C=O) groups excluding carboxylic acids is 2. The van der Waals surface area contributed by atoms with Crippen molar-refractivity contribution >= 4 is 23.2 Å². The van der Waals surface area contributed by atoms with Gasteiger partial charge in [-0.05, 0) is 63.2 Å². The van der Waals surface area contributed by atoms with Crippen LogP contribution in [0.4, 0.5) is 11.4 Å². The van der Waals surface area contributed by atoms with Crippen LogP contribution in [0.3, 0.4) is 0 Å². The topological polar surface area (TPSA) is 87.5 Å². The molecule has 1 aromatic rings. The van der Waals surface area contributed by atoms with Gasteiger partial charge in [-0.15, -0.1) is 0 Å². The second-order valence-corrected chi connectivity index (χ2v) is 6.61. The SMILES string of the molecule is NCCCC(=O)Nc1ccc(NC(=O)CN2CCCCCCC2)cc1. The molecule has 0 bridgehead atoms. The van der Waals surface area contributed by atoms with Crippen molar-refractivity contribution in [3.63, 3.8) is 0 Å².